The first-order valence-corrected chi connectivity index (χ1v) is 7.58. The molecule has 98 valence electrons. The second kappa shape index (κ2) is 9.09. The van der Waals surface area contributed by atoms with E-state index in [4.69, 9.17) is 22.8 Å². The van der Waals surface area contributed by atoms with Crippen LogP contribution in [0.2, 0.25) is 6.04 Å². The summed E-state index contributed by atoms with van der Waals surface area (Å²) in [4.78, 5) is 0. The van der Waals surface area contributed by atoms with Gasteiger partial charge in [-0.05, 0) is 20.8 Å². The topological polar surface area (TPSA) is 46.2 Å². The van der Waals surface area contributed by atoms with Gasteiger partial charge in [-0.15, -0.1) is 0 Å². The van der Waals surface area contributed by atoms with Crippen molar-refractivity contribution in [2.24, 2.45) is 0 Å². The highest BCUT2D eigenvalue weighted by atomic mass is 28.4. The molecule has 0 fully saturated rings. The van der Waals surface area contributed by atoms with Crippen LogP contribution < -0.4 is 0 Å². The minimum absolute atomic E-state index is 0.351. The number of hydrogen-bond donors (Lipinski definition) is 0. The molecule has 0 saturated heterocycles. The Morgan fingerprint density at radius 2 is 1.19 bits per heavy atom. The van der Waals surface area contributed by atoms with Crippen molar-refractivity contribution in [3.63, 3.8) is 0 Å². The summed E-state index contributed by atoms with van der Waals surface area (Å²) in [7, 11) is 0.538. The van der Waals surface area contributed by atoms with Crippen molar-refractivity contribution in [1.29, 1.82) is 0 Å². The number of methoxy groups -OCH3 is 2. The van der Waals surface area contributed by atoms with Gasteiger partial charge in [-0.25, -0.2) is 0 Å². The molecule has 16 heavy (non-hydrogen) atoms. The van der Waals surface area contributed by atoms with Crippen molar-refractivity contribution in [3.8, 4) is 0 Å². The normalized spacial score (nSPS) is 12.4. The van der Waals surface area contributed by atoms with Gasteiger partial charge in [0.2, 0.25) is 0 Å². The summed E-state index contributed by atoms with van der Waals surface area (Å²) in [6.07, 6.45) is -0.351. The summed E-state index contributed by atoms with van der Waals surface area (Å²) in [5.74, 6) is 0. The van der Waals surface area contributed by atoms with Crippen molar-refractivity contribution in [3.05, 3.63) is 0 Å². The van der Waals surface area contributed by atoms with E-state index in [0.717, 1.165) is 0 Å². The fourth-order valence-electron chi connectivity index (χ4n) is 1.43. The zero-order chi connectivity index (χ0) is 12.4. The Morgan fingerprint density at radius 3 is 1.44 bits per heavy atom. The van der Waals surface area contributed by atoms with Crippen molar-refractivity contribution < 1.29 is 22.8 Å². The van der Waals surface area contributed by atoms with Crippen molar-refractivity contribution in [2.75, 3.05) is 34.0 Å². The average molecular weight is 252 g/mol. The minimum Gasteiger partial charge on any atom is -0.374 e. The van der Waals surface area contributed by atoms with Gasteiger partial charge in [-0.1, -0.05) is 0 Å². The van der Waals surface area contributed by atoms with Crippen LogP contribution in [-0.4, -0.2) is 49.1 Å². The molecule has 0 heterocycles. The van der Waals surface area contributed by atoms with Gasteiger partial charge in [0.15, 0.2) is 6.29 Å². The monoisotopic (exact) mass is 252 g/mol. The standard InChI is InChI=1S/C10H24O5Si/c1-6-13-16(14-7-2,15-8-3)9-10(11-4)12-5/h10H,6-9H2,1-5H3. The minimum atomic E-state index is -2.65. The Bertz CT molecular complexity index is 146. The molecule has 0 aromatic heterocycles. The Hall–Kier alpha value is 0.0169. The van der Waals surface area contributed by atoms with Crippen LogP contribution in [0.15, 0.2) is 0 Å². The van der Waals surface area contributed by atoms with Gasteiger partial charge in [0.25, 0.3) is 0 Å². The van der Waals surface area contributed by atoms with E-state index in [-0.39, 0.29) is 6.29 Å². The van der Waals surface area contributed by atoms with E-state index in [2.05, 4.69) is 0 Å². The van der Waals surface area contributed by atoms with E-state index in [1.807, 2.05) is 20.8 Å². The Kier molecular flexibility index (Phi) is 9.10. The Labute approximate surface area is 99.3 Å². The van der Waals surface area contributed by atoms with E-state index < -0.39 is 8.80 Å². The summed E-state index contributed by atoms with van der Waals surface area (Å²) in [6.45, 7) is 7.46. The molecule has 0 aliphatic heterocycles. The zero-order valence-corrected chi connectivity index (χ0v) is 11.9. The number of rotatable bonds is 10. The highest BCUT2D eigenvalue weighted by Crippen LogP contribution is 2.19. The van der Waals surface area contributed by atoms with Gasteiger partial charge in [0.1, 0.15) is 0 Å². The molecule has 0 saturated carbocycles. The molecule has 0 rings (SSSR count). The lowest BCUT2D eigenvalue weighted by Crippen LogP contribution is -2.49. The zero-order valence-electron chi connectivity index (χ0n) is 10.9. The molecule has 6 heteroatoms. The second-order valence-electron chi connectivity index (χ2n) is 3.09. The van der Waals surface area contributed by atoms with Crippen LogP contribution in [0, 0.1) is 0 Å². The summed E-state index contributed by atoms with van der Waals surface area (Å²) in [5.41, 5.74) is 0. The van der Waals surface area contributed by atoms with Gasteiger partial charge < -0.3 is 22.8 Å². The lowest BCUT2D eigenvalue weighted by Gasteiger charge is -2.30. The van der Waals surface area contributed by atoms with Crippen LogP contribution in [-0.2, 0) is 22.8 Å². The summed E-state index contributed by atoms with van der Waals surface area (Å²) < 4.78 is 27.4. The van der Waals surface area contributed by atoms with Crippen LogP contribution in [0.5, 0.6) is 0 Å². The first-order chi connectivity index (χ1) is 7.67. The van der Waals surface area contributed by atoms with E-state index in [9.17, 15) is 0 Å². The van der Waals surface area contributed by atoms with E-state index in [0.29, 0.717) is 25.9 Å². The fraction of sp³-hybridized carbons (Fsp3) is 1.00. The molecular weight excluding hydrogens is 228 g/mol. The molecule has 0 aromatic rings. The largest absolute Gasteiger partial charge is 0.506 e. The number of hydrogen-bond acceptors (Lipinski definition) is 5. The van der Waals surface area contributed by atoms with Crippen molar-refractivity contribution in [1.82, 2.24) is 0 Å². The van der Waals surface area contributed by atoms with E-state index >= 15 is 0 Å². The van der Waals surface area contributed by atoms with Crippen molar-refractivity contribution >= 4 is 8.80 Å². The molecule has 5 nitrogen and oxygen atoms in total. The van der Waals surface area contributed by atoms with Gasteiger partial charge in [-0.3, -0.25) is 0 Å². The molecular formula is C10H24O5Si. The Morgan fingerprint density at radius 1 is 0.812 bits per heavy atom. The highest BCUT2D eigenvalue weighted by Gasteiger charge is 2.43. The molecule has 0 amide bonds. The first kappa shape index (κ1) is 16.0. The molecule has 0 bridgehead atoms. The molecule has 0 N–H and O–H groups in total. The van der Waals surface area contributed by atoms with Crippen LogP contribution in [0.3, 0.4) is 0 Å². The van der Waals surface area contributed by atoms with Gasteiger partial charge >= 0.3 is 8.80 Å². The molecule has 0 unspecified atom stereocenters. The third-order valence-electron chi connectivity index (χ3n) is 2.04. The Balaban J connectivity index is 4.56. The van der Waals surface area contributed by atoms with Crippen molar-refractivity contribution in [2.45, 2.75) is 33.1 Å². The van der Waals surface area contributed by atoms with Gasteiger partial charge in [-0.2, -0.15) is 0 Å². The maximum atomic E-state index is 5.68. The van der Waals surface area contributed by atoms with Crippen LogP contribution in [0.4, 0.5) is 0 Å². The fourth-order valence-corrected chi connectivity index (χ4v) is 4.09. The highest BCUT2D eigenvalue weighted by molar-refractivity contribution is 6.60. The SMILES string of the molecule is CCO[Si](CC(OC)OC)(OCC)OCC. The van der Waals surface area contributed by atoms with Crippen LogP contribution in [0.1, 0.15) is 20.8 Å². The van der Waals surface area contributed by atoms with Crippen LogP contribution in [0.25, 0.3) is 0 Å². The predicted octanol–water partition coefficient (Wildman–Crippen LogP) is 1.65. The average Bonchev–Trinajstić information content (AvgIpc) is 2.27. The summed E-state index contributed by atoms with van der Waals surface area (Å²) in [6, 6.07) is 0.509. The molecule has 0 aliphatic rings. The molecule has 0 radical (unpaired) electrons. The number of ether oxygens (including phenoxy) is 2. The van der Waals surface area contributed by atoms with Crippen LogP contribution >= 0.6 is 0 Å². The summed E-state index contributed by atoms with van der Waals surface area (Å²) >= 11 is 0. The molecule has 0 aliphatic carbocycles. The maximum Gasteiger partial charge on any atom is 0.506 e. The lowest BCUT2D eigenvalue weighted by atomic mass is 10.7. The quantitative estimate of drug-likeness (QED) is 0.437. The molecule has 0 atom stereocenters. The van der Waals surface area contributed by atoms with E-state index in [1.165, 1.54) is 0 Å². The predicted molar refractivity (Wildman–Crippen MR) is 63.2 cm³/mol. The third kappa shape index (κ3) is 5.38. The lowest BCUT2D eigenvalue weighted by molar-refractivity contribution is -0.0991. The molecule has 0 spiro atoms. The third-order valence-corrected chi connectivity index (χ3v) is 5.05. The van der Waals surface area contributed by atoms with Gasteiger partial charge in [0.05, 0.1) is 6.04 Å². The van der Waals surface area contributed by atoms with E-state index in [1.54, 1.807) is 14.2 Å². The van der Waals surface area contributed by atoms with Gasteiger partial charge in [0, 0.05) is 34.0 Å². The summed E-state index contributed by atoms with van der Waals surface area (Å²) in [5, 5.41) is 0. The maximum absolute atomic E-state index is 5.68. The molecule has 0 aromatic carbocycles. The second-order valence-corrected chi connectivity index (χ2v) is 5.73. The first-order valence-electron chi connectivity index (χ1n) is 5.65. The smallest absolute Gasteiger partial charge is 0.374 e.